The highest BCUT2D eigenvalue weighted by molar-refractivity contribution is 7.10. The highest BCUT2D eigenvalue weighted by Gasteiger charge is 2.37. The molecule has 0 aliphatic carbocycles. The van der Waals surface area contributed by atoms with Crippen LogP contribution in [0.1, 0.15) is 29.6 Å². The predicted octanol–water partition coefficient (Wildman–Crippen LogP) is 3.45. The zero-order valence-corrected chi connectivity index (χ0v) is 14.6. The summed E-state index contributed by atoms with van der Waals surface area (Å²) in [6.07, 6.45) is -2.26. The molecular formula is C16H17F3N6S. The van der Waals surface area contributed by atoms with Gasteiger partial charge in [0.15, 0.2) is 5.65 Å². The van der Waals surface area contributed by atoms with Gasteiger partial charge < -0.3 is 5.32 Å². The summed E-state index contributed by atoms with van der Waals surface area (Å²) in [6, 6.07) is 7.39. The van der Waals surface area contributed by atoms with Crippen LogP contribution in [0.3, 0.4) is 0 Å². The highest BCUT2D eigenvalue weighted by atomic mass is 32.1. The van der Waals surface area contributed by atoms with Crippen molar-refractivity contribution in [1.82, 2.24) is 24.7 Å². The van der Waals surface area contributed by atoms with E-state index in [0.717, 1.165) is 17.6 Å². The molecule has 3 aromatic rings. The number of nitrogens with zero attached hydrogens (tertiary/aromatic N) is 5. The van der Waals surface area contributed by atoms with Gasteiger partial charge in [-0.25, -0.2) is 0 Å². The summed E-state index contributed by atoms with van der Waals surface area (Å²) >= 11 is 1.69. The molecule has 0 amide bonds. The lowest BCUT2D eigenvalue weighted by Gasteiger charge is -2.27. The molecule has 138 valence electrons. The monoisotopic (exact) mass is 382 g/mol. The van der Waals surface area contributed by atoms with Crippen LogP contribution in [0, 0.1) is 0 Å². The second-order valence-electron chi connectivity index (χ2n) is 6.17. The van der Waals surface area contributed by atoms with E-state index in [0.29, 0.717) is 12.4 Å². The van der Waals surface area contributed by atoms with Crippen molar-refractivity contribution in [2.45, 2.75) is 25.1 Å². The zero-order chi connectivity index (χ0) is 18.1. The molecule has 0 bridgehead atoms. The van der Waals surface area contributed by atoms with Crippen LogP contribution >= 0.6 is 11.3 Å². The molecule has 1 aliphatic heterocycles. The number of anilines is 1. The van der Waals surface area contributed by atoms with E-state index in [2.05, 4.69) is 31.6 Å². The summed E-state index contributed by atoms with van der Waals surface area (Å²) in [4.78, 5) is 3.64. The number of hydrogen-bond acceptors (Lipinski definition) is 6. The van der Waals surface area contributed by atoms with Crippen LogP contribution in [0.25, 0.3) is 5.65 Å². The first-order valence-corrected chi connectivity index (χ1v) is 9.21. The fourth-order valence-corrected chi connectivity index (χ4v) is 4.07. The number of hydrogen-bond donors (Lipinski definition) is 1. The van der Waals surface area contributed by atoms with E-state index in [1.54, 1.807) is 17.4 Å². The first kappa shape index (κ1) is 17.2. The highest BCUT2D eigenvalue weighted by Crippen LogP contribution is 2.29. The number of nitrogens with one attached hydrogen (secondary N) is 1. The minimum absolute atomic E-state index is 0.0669. The molecule has 10 heteroatoms. The molecule has 0 spiro atoms. The minimum atomic E-state index is -4.60. The van der Waals surface area contributed by atoms with Gasteiger partial charge in [0.05, 0.1) is 6.04 Å². The Hall–Kier alpha value is -2.20. The summed E-state index contributed by atoms with van der Waals surface area (Å²) in [7, 11) is 0. The smallest absolute Gasteiger partial charge is 0.367 e. The summed E-state index contributed by atoms with van der Waals surface area (Å²) in [5.74, 6) is -0.756. The van der Waals surface area contributed by atoms with Gasteiger partial charge in [-0.15, -0.1) is 26.6 Å². The van der Waals surface area contributed by atoms with Gasteiger partial charge in [0, 0.05) is 11.4 Å². The molecule has 0 radical (unpaired) electrons. The van der Waals surface area contributed by atoms with E-state index in [1.807, 2.05) is 11.4 Å². The first-order valence-electron chi connectivity index (χ1n) is 8.33. The molecule has 3 aromatic heterocycles. The molecule has 4 heterocycles. The van der Waals surface area contributed by atoms with Crippen LogP contribution in [0.4, 0.5) is 19.0 Å². The van der Waals surface area contributed by atoms with Crippen LogP contribution in [-0.2, 0) is 6.18 Å². The van der Waals surface area contributed by atoms with Crippen molar-refractivity contribution in [1.29, 1.82) is 0 Å². The second kappa shape index (κ2) is 6.84. The van der Waals surface area contributed by atoms with Crippen molar-refractivity contribution in [3.63, 3.8) is 0 Å². The van der Waals surface area contributed by atoms with E-state index in [-0.39, 0.29) is 11.7 Å². The Bertz CT molecular complexity index is 870. The maximum atomic E-state index is 13.0. The van der Waals surface area contributed by atoms with Crippen LogP contribution in [0.2, 0.25) is 0 Å². The molecular weight excluding hydrogens is 365 g/mol. The standard InChI is InChI=1S/C16H17F3N6S/c17-16(18,19)15-22-21-14-6-5-13(23-25(14)15)20-10-11(12-4-3-9-26-12)24-7-1-2-8-24/h3-6,9,11H,1-2,7-8,10H2,(H,20,23). The van der Waals surface area contributed by atoms with Crippen molar-refractivity contribution in [3.05, 3.63) is 40.3 Å². The van der Waals surface area contributed by atoms with Crippen LogP contribution in [0.5, 0.6) is 0 Å². The molecule has 1 aliphatic rings. The quantitative estimate of drug-likeness (QED) is 0.732. The lowest BCUT2D eigenvalue weighted by Crippen LogP contribution is -2.30. The van der Waals surface area contributed by atoms with Crippen molar-refractivity contribution >= 4 is 22.8 Å². The van der Waals surface area contributed by atoms with E-state index in [4.69, 9.17) is 0 Å². The Labute approximate surface area is 151 Å². The molecule has 1 N–H and O–H groups in total. The Morgan fingerprint density at radius 2 is 1.96 bits per heavy atom. The van der Waals surface area contributed by atoms with Crippen LogP contribution < -0.4 is 5.32 Å². The molecule has 4 rings (SSSR count). The van der Waals surface area contributed by atoms with Crippen molar-refractivity contribution in [2.24, 2.45) is 0 Å². The third-order valence-corrected chi connectivity index (χ3v) is 5.42. The van der Waals surface area contributed by atoms with Gasteiger partial charge in [-0.2, -0.15) is 17.7 Å². The molecule has 26 heavy (non-hydrogen) atoms. The van der Waals surface area contributed by atoms with E-state index in [9.17, 15) is 13.2 Å². The molecule has 1 fully saturated rings. The van der Waals surface area contributed by atoms with Gasteiger partial charge in [0.2, 0.25) is 0 Å². The third kappa shape index (κ3) is 3.38. The maximum Gasteiger partial charge on any atom is 0.453 e. The largest absolute Gasteiger partial charge is 0.453 e. The summed E-state index contributed by atoms with van der Waals surface area (Å²) in [5.41, 5.74) is 0.0669. The first-order chi connectivity index (χ1) is 12.5. The Morgan fingerprint density at radius 3 is 2.65 bits per heavy atom. The SMILES string of the molecule is FC(F)(F)c1nnc2ccc(NCC(c3cccs3)N3CCCC3)nn12. The van der Waals surface area contributed by atoms with E-state index >= 15 is 0 Å². The van der Waals surface area contributed by atoms with Gasteiger partial charge in [-0.1, -0.05) is 6.07 Å². The average molecular weight is 382 g/mol. The van der Waals surface area contributed by atoms with E-state index in [1.165, 1.54) is 23.8 Å². The van der Waals surface area contributed by atoms with Crippen LogP contribution in [0.15, 0.2) is 29.6 Å². The zero-order valence-electron chi connectivity index (χ0n) is 13.8. The lowest BCUT2D eigenvalue weighted by molar-refractivity contribution is -0.146. The van der Waals surface area contributed by atoms with Gasteiger partial charge in [0.1, 0.15) is 5.82 Å². The predicted molar refractivity (Wildman–Crippen MR) is 92.1 cm³/mol. The summed E-state index contributed by atoms with van der Waals surface area (Å²) in [6.45, 7) is 2.63. The average Bonchev–Trinajstić information content (AvgIpc) is 3.36. The van der Waals surface area contributed by atoms with Crippen molar-refractivity contribution < 1.29 is 13.2 Å². The van der Waals surface area contributed by atoms with Gasteiger partial charge in [-0.3, -0.25) is 4.90 Å². The van der Waals surface area contributed by atoms with Gasteiger partial charge in [0.25, 0.3) is 5.82 Å². The van der Waals surface area contributed by atoms with Gasteiger partial charge in [-0.05, 0) is 49.5 Å². The normalized spacial score (nSPS) is 17.0. The number of thiophene rings is 1. The molecule has 6 nitrogen and oxygen atoms in total. The van der Waals surface area contributed by atoms with Crippen molar-refractivity contribution in [2.75, 3.05) is 25.0 Å². The van der Waals surface area contributed by atoms with E-state index < -0.39 is 12.0 Å². The summed E-state index contributed by atoms with van der Waals surface area (Å²) in [5, 5.41) is 16.0. The second-order valence-corrected chi connectivity index (χ2v) is 7.14. The fourth-order valence-electron chi connectivity index (χ4n) is 3.20. The Morgan fingerprint density at radius 1 is 1.15 bits per heavy atom. The summed E-state index contributed by atoms with van der Waals surface area (Å²) < 4.78 is 39.7. The number of aromatic nitrogens is 4. The maximum absolute atomic E-state index is 13.0. The molecule has 1 unspecified atom stereocenters. The minimum Gasteiger partial charge on any atom is -0.367 e. The molecule has 0 aromatic carbocycles. The topological polar surface area (TPSA) is 58.4 Å². The molecule has 0 saturated carbocycles. The van der Waals surface area contributed by atoms with Crippen molar-refractivity contribution in [3.8, 4) is 0 Å². The number of halogens is 3. The van der Waals surface area contributed by atoms with Crippen LogP contribution in [-0.4, -0.2) is 44.3 Å². The molecule has 1 saturated heterocycles. The number of rotatable bonds is 5. The number of likely N-dealkylation sites (tertiary alicyclic amines) is 1. The Kier molecular flexibility index (Phi) is 4.53. The lowest BCUT2D eigenvalue weighted by atomic mass is 10.2. The number of fused-ring (bicyclic) bond motifs is 1. The fraction of sp³-hybridized carbons (Fsp3) is 0.438. The van der Waals surface area contributed by atoms with Gasteiger partial charge >= 0.3 is 6.18 Å². The third-order valence-electron chi connectivity index (χ3n) is 4.45. The Balaban J connectivity index is 1.56. The molecule has 1 atom stereocenters. The number of alkyl halides is 3.